The Balaban J connectivity index is 4.63. The molecule has 7 nitrogen and oxygen atoms in total. The summed E-state index contributed by atoms with van der Waals surface area (Å²) in [6.45, 7) is 10.4. The van der Waals surface area contributed by atoms with E-state index in [1.54, 1.807) is 6.92 Å². The third-order valence-corrected chi connectivity index (χ3v) is 2.63. The van der Waals surface area contributed by atoms with Crippen molar-refractivity contribution in [3.8, 4) is 0 Å². The fourth-order valence-electron chi connectivity index (χ4n) is 1.39. The lowest BCUT2D eigenvalue weighted by molar-refractivity contribution is -0.144. The molecule has 7 heteroatoms. The molecule has 0 unspecified atom stereocenters. The number of hydrogen-bond donors (Lipinski definition) is 2. The average molecular weight is 312 g/mol. The number of ether oxygens (including phenoxy) is 2. The molecule has 0 aliphatic carbocycles. The Hall–Kier alpha value is -2.31. The van der Waals surface area contributed by atoms with Crippen molar-refractivity contribution in [3.05, 3.63) is 25.3 Å². The van der Waals surface area contributed by atoms with Crippen molar-refractivity contribution in [3.63, 3.8) is 0 Å². The Morgan fingerprint density at radius 1 is 1.09 bits per heavy atom. The van der Waals surface area contributed by atoms with Crippen molar-refractivity contribution in [1.82, 2.24) is 10.6 Å². The second-order valence-electron chi connectivity index (χ2n) is 4.92. The number of carbonyl (C=O) groups is 3. The van der Waals surface area contributed by atoms with Gasteiger partial charge in [0.25, 0.3) is 0 Å². The number of amides is 2. The van der Waals surface area contributed by atoms with Crippen LogP contribution in [0.2, 0.25) is 0 Å². The SMILES string of the molecule is C=CC(=O)OCC(C)(COC(=O)C=C)NC(=O)NCCCC. The number of unbranched alkanes of at least 4 members (excludes halogenated alkanes) is 1. The molecule has 0 aliphatic heterocycles. The van der Waals surface area contributed by atoms with Crippen LogP contribution in [0.4, 0.5) is 4.79 Å². The summed E-state index contributed by atoms with van der Waals surface area (Å²) < 4.78 is 9.86. The lowest BCUT2D eigenvalue weighted by Crippen LogP contribution is -2.56. The van der Waals surface area contributed by atoms with E-state index in [4.69, 9.17) is 9.47 Å². The highest BCUT2D eigenvalue weighted by Crippen LogP contribution is 2.07. The zero-order chi connectivity index (χ0) is 17.0. The molecule has 0 aromatic heterocycles. The number of nitrogens with one attached hydrogen (secondary N) is 2. The minimum atomic E-state index is -1.06. The summed E-state index contributed by atoms with van der Waals surface area (Å²) in [7, 11) is 0. The third-order valence-electron chi connectivity index (χ3n) is 2.63. The molecule has 0 bridgehead atoms. The maximum atomic E-state index is 11.8. The standard InChI is InChI=1S/C15H24N2O5/c1-5-8-9-16-14(20)17-15(4,10-21-12(18)6-2)11-22-13(19)7-3/h6-7H,2-3,5,8-11H2,1,4H3,(H2,16,17,20). The molecule has 0 spiro atoms. The van der Waals surface area contributed by atoms with Crippen LogP contribution in [0.5, 0.6) is 0 Å². The number of urea groups is 1. The summed E-state index contributed by atoms with van der Waals surface area (Å²) in [5, 5.41) is 5.31. The van der Waals surface area contributed by atoms with Crippen LogP contribution in [0.15, 0.2) is 25.3 Å². The topological polar surface area (TPSA) is 93.7 Å². The molecular formula is C15H24N2O5. The number of hydrogen-bond acceptors (Lipinski definition) is 5. The zero-order valence-corrected chi connectivity index (χ0v) is 13.1. The van der Waals surface area contributed by atoms with Gasteiger partial charge in [0.05, 0.1) is 0 Å². The van der Waals surface area contributed by atoms with Crippen molar-refractivity contribution < 1.29 is 23.9 Å². The lowest BCUT2D eigenvalue weighted by atomic mass is 10.1. The Labute approximate surface area is 130 Å². The lowest BCUT2D eigenvalue weighted by Gasteiger charge is -2.29. The van der Waals surface area contributed by atoms with Crippen molar-refractivity contribution >= 4 is 18.0 Å². The minimum Gasteiger partial charge on any atom is -0.460 e. The molecule has 0 heterocycles. The molecule has 2 amide bonds. The highest BCUT2D eigenvalue weighted by Gasteiger charge is 2.30. The second-order valence-corrected chi connectivity index (χ2v) is 4.92. The van der Waals surface area contributed by atoms with Gasteiger partial charge in [0.15, 0.2) is 0 Å². The first-order chi connectivity index (χ1) is 10.4. The van der Waals surface area contributed by atoms with Gasteiger partial charge < -0.3 is 20.1 Å². The summed E-state index contributed by atoms with van der Waals surface area (Å²) >= 11 is 0. The summed E-state index contributed by atoms with van der Waals surface area (Å²) in [5.41, 5.74) is -1.06. The highest BCUT2D eigenvalue weighted by atomic mass is 16.5. The van der Waals surface area contributed by atoms with E-state index in [1.165, 1.54) is 0 Å². The Bertz CT molecular complexity index is 396. The largest absolute Gasteiger partial charge is 0.460 e. The highest BCUT2D eigenvalue weighted by molar-refractivity contribution is 5.82. The smallest absolute Gasteiger partial charge is 0.330 e. The molecule has 0 aliphatic rings. The van der Waals surface area contributed by atoms with Crippen LogP contribution in [0.1, 0.15) is 26.7 Å². The van der Waals surface area contributed by atoms with Gasteiger partial charge >= 0.3 is 18.0 Å². The van der Waals surface area contributed by atoms with E-state index in [1.807, 2.05) is 6.92 Å². The first-order valence-electron chi connectivity index (χ1n) is 7.01. The van der Waals surface area contributed by atoms with Gasteiger partial charge in [0, 0.05) is 18.7 Å². The van der Waals surface area contributed by atoms with Crippen LogP contribution < -0.4 is 10.6 Å². The van der Waals surface area contributed by atoms with Gasteiger partial charge in [-0.15, -0.1) is 0 Å². The molecular weight excluding hydrogens is 288 g/mol. The van der Waals surface area contributed by atoms with Crippen LogP contribution >= 0.6 is 0 Å². The molecule has 2 N–H and O–H groups in total. The van der Waals surface area contributed by atoms with Crippen molar-refractivity contribution in [2.75, 3.05) is 19.8 Å². The van der Waals surface area contributed by atoms with Crippen LogP contribution in [-0.2, 0) is 19.1 Å². The number of esters is 2. The van der Waals surface area contributed by atoms with Crippen LogP contribution in [-0.4, -0.2) is 43.3 Å². The van der Waals surface area contributed by atoms with Gasteiger partial charge in [-0.25, -0.2) is 14.4 Å². The quantitative estimate of drug-likeness (QED) is 0.360. The number of carbonyl (C=O) groups excluding carboxylic acids is 3. The van der Waals surface area contributed by atoms with E-state index in [-0.39, 0.29) is 13.2 Å². The fraction of sp³-hybridized carbons (Fsp3) is 0.533. The van der Waals surface area contributed by atoms with E-state index < -0.39 is 23.5 Å². The Morgan fingerprint density at radius 2 is 1.59 bits per heavy atom. The molecule has 0 saturated carbocycles. The average Bonchev–Trinajstić information content (AvgIpc) is 2.50. The normalized spacial score (nSPS) is 10.3. The van der Waals surface area contributed by atoms with E-state index in [0.717, 1.165) is 25.0 Å². The molecule has 0 aromatic carbocycles. The fourth-order valence-corrected chi connectivity index (χ4v) is 1.39. The molecule has 0 atom stereocenters. The minimum absolute atomic E-state index is 0.163. The van der Waals surface area contributed by atoms with Crippen molar-refractivity contribution in [2.24, 2.45) is 0 Å². The van der Waals surface area contributed by atoms with Crippen LogP contribution in [0.3, 0.4) is 0 Å². The molecule has 22 heavy (non-hydrogen) atoms. The molecule has 0 fully saturated rings. The maximum absolute atomic E-state index is 11.8. The monoisotopic (exact) mass is 312 g/mol. The molecule has 0 rings (SSSR count). The molecule has 0 radical (unpaired) electrons. The molecule has 0 saturated heterocycles. The molecule has 0 aromatic rings. The van der Waals surface area contributed by atoms with Gasteiger partial charge in [-0.1, -0.05) is 26.5 Å². The maximum Gasteiger partial charge on any atom is 0.330 e. The van der Waals surface area contributed by atoms with Gasteiger partial charge in [-0.2, -0.15) is 0 Å². The van der Waals surface area contributed by atoms with Crippen molar-refractivity contribution in [1.29, 1.82) is 0 Å². The van der Waals surface area contributed by atoms with Gasteiger partial charge in [0.2, 0.25) is 0 Å². The summed E-state index contributed by atoms with van der Waals surface area (Å²) in [6.07, 6.45) is 3.82. The van der Waals surface area contributed by atoms with E-state index >= 15 is 0 Å². The van der Waals surface area contributed by atoms with E-state index in [9.17, 15) is 14.4 Å². The first kappa shape index (κ1) is 19.7. The van der Waals surface area contributed by atoms with Gasteiger partial charge in [0.1, 0.15) is 18.8 Å². The Kier molecular flexibility index (Phi) is 9.33. The van der Waals surface area contributed by atoms with E-state index in [2.05, 4.69) is 23.8 Å². The second kappa shape index (κ2) is 10.4. The Morgan fingerprint density at radius 3 is 2.00 bits per heavy atom. The van der Waals surface area contributed by atoms with E-state index in [0.29, 0.717) is 6.54 Å². The predicted molar refractivity (Wildman–Crippen MR) is 82.2 cm³/mol. The van der Waals surface area contributed by atoms with Gasteiger partial charge in [-0.3, -0.25) is 0 Å². The first-order valence-corrected chi connectivity index (χ1v) is 7.01. The zero-order valence-electron chi connectivity index (χ0n) is 13.1. The third kappa shape index (κ3) is 8.78. The van der Waals surface area contributed by atoms with Crippen molar-refractivity contribution in [2.45, 2.75) is 32.2 Å². The van der Waals surface area contributed by atoms with Crippen LogP contribution in [0.25, 0.3) is 0 Å². The van der Waals surface area contributed by atoms with Gasteiger partial charge in [-0.05, 0) is 13.3 Å². The van der Waals surface area contributed by atoms with Crippen LogP contribution in [0, 0.1) is 0 Å². The summed E-state index contributed by atoms with van der Waals surface area (Å²) in [6, 6.07) is -0.430. The number of rotatable bonds is 10. The summed E-state index contributed by atoms with van der Waals surface area (Å²) in [4.78, 5) is 34.1. The molecule has 124 valence electrons. The summed E-state index contributed by atoms with van der Waals surface area (Å²) in [5.74, 6) is -1.26. The predicted octanol–water partition coefficient (Wildman–Crippen LogP) is 1.30.